The van der Waals surface area contributed by atoms with Crippen molar-refractivity contribution in [3.05, 3.63) is 53.6 Å². The normalized spacial score (nSPS) is 20.8. The van der Waals surface area contributed by atoms with Gasteiger partial charge in [-0.3, -0.25) is 4.90 Å². The summed E-state index contributed by atoms with van der Waals surface area (Å²) < 4.78 is 52.9. The molecule has 2 heterocycles. The molecule has 0 bridgehead atoms. The largest absolute Gasteiger partial charge is 0.433 e. The molecule has 4 nitrogen and oxygen atoms in total. The molecule has 0 spiro atoms. The number of hydrogen-bond donors (Lipinski definition) is 0. The van der Waals surface area contributed by atoms with Gasteiger partial charge in [-0.05, 0) is 31.4 Å². The molecule has 0 amide bonds. The van der Waals surface area contributed by atoms with Gasteiger partial charge in [0, 0.05) is 43.5 Å². The minimum absolute atomic E-state index is 0.0350. The molecule has 27 heavy (non-hydrogen) atoms. The Balaban J connectivity index is 1.50. The third-order valence-electron chi connectivity index (χ3n) is 5.10. The molecule has 1 saturated carbocycles. The Morgan fingerprint density at radius 1 is 1.07 bits per heavy atom. The number of likely N-dealkylation sites (tertiary alicyclic amines) is 1. The van der Waals surface area contributed by atoms with Crippen LogP contribution in [0.5, 0.6) is 0 Å². The highest BCUT2D eigenvalue weighted by molar-refractivity contribution is 5.37. The summed E-state index contributed by atoms with van der Waals surface area (Å²) >= 11 is 0. The van der Waals surface area contributed by atoms with E-state index in [2.05, 4.69) is 14.9 Å². The van der Waals surface area contributed by atoms with Crippen LogP contribution in [0.15, 0.2) is 36.5 Å². The van der Waals surface area contributed by atoms with Crippen LogP contribution in [0.2, 0.25) is 0 Å². The molecule has 0 radical (unpaired) electrons. The van der Waals surface area contributed by atoms with Gasteiger partial charge in [-0.25, -0.2) is 14.4 Å². The molecule has 1 saturated heterocycles. The van der Waals surface area contributed by atoms with Crippen molar-refractivity contribution < 1.29 is 17.6 Å². The standard InChI is InChI=1S/C19H20F4N4/c20-16-4-2-1-3-13(16)11-26-10-8-15(12-26)27(14-5-6-14)18-24-9-7-17(25-18)19(21,22)23/h1-4,7,9,14-15H,5-6,8,10-12H2. The molecule has 2 fully saturated rings. The number of benzene rings is 1. The van der Waals surface area contributed by atoms with Crippen molar-refractivity contribution in [2.24, 2.45) is 0 Å². The number of aromatic nitrogens is 2. The van der Waals surface area contributed by atoms with E-state index in [4.69, 9.17) is 0 Å². The summed E-state index contributed by atoms with van der Waals surface area (Å²) in [5, 5.41) is 0. The second-order valence-electron chi connectivity index (χ2n) is 7.15. The SMILES string of the molecule is Fc1ccccc1CN1CCC(N(c2nccc(C(F)(F)F)n2)C2CC2)C1. The predicted octanol–water partition coefficient (Wildman–Crippen LogP) is 3.88. The minimum Gasteiger partial charge on any atom is -0.334 e. The Bertz CT molecular complexity index is 806. The van der Waals surface area contributed by atoms with E-state index in [1.807, 2.05) is 4.90 Å². The molecule has 1 aliphatic heterocycles. The summed E-state index contributed by atoms with van der Waals surface area (Å²) in [6, 6.07) is 7.78. The zero-order valence-electron chi connectivity index (χ0n) is 14.7. The molecule has 8 heteroatoms. The summed E-state index contributed by atoms with van der Waals surface area (Å²) in [6.07, 6.45) is -0.649. The highest BCUT2D eigenvalue weighted by Crippen LogP contribution is 2.36. The lowest BCUT2D eigenvalue weighted by Crippen LogP contribution is -2.40. The molecule has 144 valence electrons. The minimum atomic E-state index is -4.49. The number of alkyl halides is 3. The molecule has 1 aliphatic carbocycles. The van der Waals surface area contributed by atoms with E-state index >= 15 is 0 Å². The van der Waals surface area contributed by atoms with Crippen molar-refractivity contribution >= 4 is 5.95 Å². The van der Waals surface area contributed by atoms with E-state index in [0.717, 1.165) is 31.9 Å². The average Bonchev–Trinajstić information content (AvgIpc) is 3.36. The highest BCUT2D eigenvalue weighted by Gasteiger charge is 2.40. The van der Waals surface area contributed by atoms with Gasteiger partial charge in [-0.2, -0.15) is 13.2 Å². The third kappa shape index (κ3) is 4.05. The van der Waals surface area contributed by atoms with Gasteiger partial charge in [0.1, 0.15) is 11.5 Å². The van der Waals surface area contributed by atoms with E-state index in [9.17, 15) is 17.6 Å². The molecule has 1 atom stereocenters. The van der Waals surface area contributed by atoms with Gasteiger partial charge in [0.05, 0.1) is 0 Å². The van der Waals surface area contributed by atoms with Gasteiger partial charge < -0.3 is 4.90 Å². The number of anilines is 1. The van der Waals surface area contributed by atoms with E-state index in [1.54, 1.807) is 18.2 Å². The third-order valence-corrected chi connectivity index (χ3v) is 5.10. The van der Waals surface area contributed by atoms with E-state index in [-0.39, 0.29) is 23.8 Å². The molecule has 2 aromatic rings. The average molecular weight is 380 g/mol. The van der Waals surface area contributed by atoms with Crippen molar-refractivity contribution in [2.45, 2.75) is 44.1 Å². The van der Waals surface area contributed by atoms with Crippen molar-refractivity contribution in [2.75, 3.05) is 18.0 Å². The molecule has 2 aliphatic rings. The first-order valence-electron chi connectivity index (χ1n) is 9.06. The first-order valence-corrected chi connectivity index (χ1v) is 9.06. The smallest absolute Gasteiger partial charge is 0.334 e. The Morgan fingerprint density at radius 3 is 2.56 bits per heavy atom. The van der Waals surface area contributed by atoms with Gasteiger partial charge in [-0.1, -0.05) is 18.2 Å². The van der Waals surface area contributed by atoms with Crippen LogP contribution in [0.3, 0.4) is 0 Å². The Morgan fingerprint density at radius 2 is 1.85 bits per heavy atom. The Labute approximate surface area is 154 Å². The van der Waals surface area contributed by atoms with Crippen LogP contribution >= 0.6 is 0 Å². The maximum absolute atomic E-state index is 13.9. The van der Waals surface area contributed by atoms with Gasteiger partial charge in [0.15, 0.2) is 0 Å². The van der Waals surface area contributed by atoms with Gasteiger partial charge in [-0.15, -0.1) is 0 Å². The van der Waals surface area contributed by atoms with Crippen molar-refractivity contribution in [1.29, 1.82) is 0 Å². The Kier molecular flexibility index (Phi) is 4.75. The van der Waals surface area contributed by atoms with Crippen molar-refractivity contribution in [3.8, 4) is 0 Å². The molecule has 1 aromatic carbocycles. The van der Waals surface area contributed by atoms with Gasteiger partial charge in [0.2, 0.25) is 5.95 Å². The number of hydrogen-bond acceptors (Lipinski definition) is 4. The zero-order valence-corrected chi connectivity index (χ0v) is 14.7. The van der Waals surface area contributed by atoms with Crippen LogP contribution in [0.1, 0.15) is 30.5 Å². The van der Waals surface area contributed by atoms with Crippen LogP contribution in [0, 0.1) is 5.82 Å². The summed E-state index contributed by atoms with van der Waals surface area (Å²) in [5.41, 5.74) is -0.286. The topological polar surface area (TPSA) is 32.3 Å². The molecule has 1 unspecified atom stereocenters. The number of rotatable bonds is 5. The summed E-state index contributed by atoms with van der Waals surface area (Å²) in [7, 11) is 0. The second kappa shape index (κ2) is 7.07. The molecule has 4 rings (SSSR count). The maximum Gasteiger partial charge on any atom is 0.433 e. The lowest BCUT2D eigenvalue weighted by Gasteiger charge is -2.29. The first kappa shape index (κ1) is 18.2. The van der Waals surface area contributed by atoms with E-state index in [0.29, 0.717) is 18.7 Å². The second-order valence-corrected chi connectivity index (χ2v) is 7.15. The lowest BCUT2D eigenvalue weighted by atomic mass is 10.2. The van der Waals surface area contributed by atoms with Crippen molar-refractivity contribution in [3.63, 3.8) is 0 Å². The highest BCUT2D eigenvalue weighted by atomic mass is 19.4. The summed E-state index contributed by atoms with van der Waals surface area (Å²) in [4.78, 5) is 12.0. The maximum atomic E-state index is 13.9. The van der Waals surface area contributed by atoms with Gasteiger partial charge in [0.25, 0.3) is 0 Å². The lowest BCUT2D eigenvalue weighted by molar-refractivity contribution is -0.141. The van der Waals surface area contributed by atoms with Crippen molar-refractivity contribution in [1.82, 2.24) is 14.9 Å². The van der Waals surface area contributed by atoms with Crippen LogP contribution in [0.4, 0.5) is 23.5 Å². The number of nitrogens with zero attached hydrogens (tertiary/aromatic N) is 4. The van der Waals surface area contributed by atoms with Gasteiger partial charge >= 0.3 is 6.18 Å². The molecular formula is C19H20F4N4. The Hall–Kier alpha value is -2.22. The van der Waals surface area contributed by atoms with E-state index < -0.39 is 11.9 Å². The fraction of sp³-hybridized carbons (Fsp3) is 0.474. The molecular weight excluding hydrogens is 360 g/mol. The number of halogens is 4. The predicted molar refractivity (Wildman–Crippen MR) is 92.6 cm³/mol. The fourth-order valence-electron chi connectivity index (χ4n) is 3.66. The summed E-state index contributed by atoms with van der Waals surface area (Å²) in [6.45, 7) is 1.91. The monoisotopic (exact) mass is 380 g/mol. The quantitative estimate of drug-likeness (QED) is 0.737. The van der Waals surface area contributed by atoms with Crippen LogP contribution in [-0.2, 0) is 12.7 Å². The molecule has 1 aromatic heterocycles. The van der Waals surface area contributed by atoms with E-state index in [1.165, 1.54) is 12.3 Å². The van der Waals surface area contributed by atoms with Crippen LogP contribution in [-0.4, -0.2) is 40.0 Å². The fourth-order valence-corrected chi connectivity index (χ4v) is 3.66. The van der Waals surface area contributed by atoms with Crippen LogP contribution in [0.25, 0.3) is 0 Å². The first-order chi connectivity index (χ1) is 12.9. The zero-order chi connectivity index (χ0) is 19.0. The molecule has 0 N–H and O–H groups in total. The van der Waals surface area contributed by atoms with Crippen LogP contribution < -0.4 is 4.90 Å². The summed E-state index contributed by atoms with van der Waals surface area (Å²) in [5.74, 6) is -0.0914.